The normalized spacial score (nSPS) is 18.8. The quantitative estimate of drug-likeness (QED) is 0.217. The number of hydrogen-bond acceptors (Lipinski definition) is 9. The zero-order valence-corrected chi connectivity index (χ0v) is 32.7. The highest BCUT2D eigenvalue weighted by Crippen LogP contribution is 2.48. The molecule has 2 aliphatic rings. The van der Waals surface area contributed by atoms with Crippen molar-refractivity contribution in [2.24, 2.45) is 5.41 Å². The number of halogens is 3. The molecule has 56 heavy (non-hydrogen) atoms. The molecule has 1 N–H and O–H groups in total. The summed E-state index contributed by atoms with van der Waals surface area (Å²) in [7, 11) is 1.40. The van der Waals surface area contributed by atoms with E-state index in [1.54, 1.807) is 83.1 Å². The summed E-state index contributed by atoms with van der Waals surface area (Å²) in [6.07, 6.45) is -4.80. The van der Waals surface area contributed by atoms with E-state index in [4.69, 9.17) is 19.0 Å². The maximum absolute atomic E-state index is 15.0. The summed E-state index contributed by atoms with van der Waals surface area (Å²) in [6, 6.07) is 16.1. The largest absolute Gasteiger partial charge is 0.496 e. The molecule has 1 saturated heterocycles. The number of hydrogen-bond donors (Lipinski definition) is 1. The van der Waals surface area contributed by atoms with E-state index in [1.807, 2.05) is 6.07 Å². The van der Waals surface area contributed by atoms with Crippen molar-refractivity contribution in [2.75, 3.05) is 38.2 Å². The van der Waals surface area contributed by atoms with Gasteiger partial charge in [-0.25, -0.2) is 9.59 Å². The van der Waals surface area contributed by atoms with Crippen LogP contribution in [0.1, 0.15) is 81.4 Å². The first-order chi connectivity index (χ1) is 26.3. The standard InChI is InChI=1S/C41H49F3N4O8/c1-26(2)48(28-16-13-20-46(24-28)56-37(51)39(3,4)5)35(49)29-22-32-34(23-31(29)41(42,43)44)55-40(6,30-17-11-12-18-33(30)53-7)36(50)47(32)21-19-45-38(52)54-25-27-14-9-8-10-15-27/h8-12,14-15,17-18,22-23,26,28H,13,16,19-21,24-25H2,1-7H3,(H,45,52). The molecule has 1 fully saturated rings. The summed E-state index contributed by atoms with van der Waals surface area (Å²) in [5, 5.41) is 4.05. The minimum absolute atomic E-state index is 0.00627. The number of carbonyl (C=O) groups excluding carboxylic acids is 4. The van der Waals surface area contributed by atoms with E-state index in [0.717, 1.165) is 17.7 Å². The lowest BCUT2D eigenvalue weighted by Gasteiger charge is -2.43. The van der Waals surface area contributed by atoms with E-state index in [-0.39, 0.29) is 49.0 Å². The van der Waals surface area contributed by atoms with Crippen molar-refractivity contribution in [2.45, 2.75) is 84.9 Å². The number of ether oxygens (including phenoxy) is 3. The van der Waals surface area contributed by atoms with Gasteiger partial charge in [-0.1, -0.05) is 48.5 Å². The van der Waals surface area contributed by atoms with Crippen LogP contribution in [0.2, 0.25) is 0 Å². The Morgan fingerprint density at radius 3 is 2.36 bits per heavy atom. The van der Waals surface area contributed by atoms with Crippen LogP contribution in [-0.4, -0.2) is 79.2 Å². The Morgan fingerprint density at radius 2 is 1.71 bits per heavy atom. The molecule has 0 spiro atoms. The van der Waals surface area contributed by atoms with Gasteiger partial charge in [-0.3, -0.25) is 9.59 Å². The highest BCUT2D eigenvalue weighted by atomic mass is 19.4. The molecule has 0 radical (unpaired) electrons. The monoisotopic (exact) mass is 782 g/mol. The Hall–Kier alpha value is -5.31. The number of nitrogens with one attached hydrogen (secondary N) is 1. The lowest BCUT2D eigenvalue weighted by atomic mass is 9.90. The fourth-order valence-electron chi connectivity index (χ4n) is 6.82. The van der Waals surface area contributed by atoms with E-state index in [1.165, 1.54) is 28.9 Å². The molecule has 3 aromatic rings. The van der Waals surface area contributed by atoms with Crippen LogP contribution < -0.4 is 19.7 Å². The van der Waals surface area contributed by atoms with Crippen LogP contribution in [0.25, 0.3) is 0 Å². The van der Waals surface area contributed by atoms with Gasteiger partial charge in [-0.2, -0.15) is 13.2 Å². The van der Waals surface area contributed by atoms with E-state index in [0.29, 0.717) is 19.4 Å². The molecular weight excluding hydrogens is 733 g/mol. The highest BCUT2D eigenvalue weighted by Gasteiger charge is 2.50. The van der Waals surface area contributed by atoms with Crippen molar-refractivity contribution in [3.63, 3.8) is 0 Å². The molecule has 5 rings (SSSR count). The second-order valence-corrected chi connectivity index (χ2v) is 15.3. The summed E-state index contributed by atoms with van der Waals surface area (Å²) in [6.45, 7) is 10.1. The molecule has 0 aromatic heterocycles. The number of amides is 3. The number of para-hydroxylation sites is 1. The zero-order chi connectivity index (χ0) is 41.0. The Bertz CT molecular complexity index is 1920. The van der Waals surface area contributed by atoms with Crippen molar-refractivity contribution in [3.05, 3.63) is 89.0 Å². The molecule has 0 aliphatic carbocycles. The van der Waals surface area contributed by atoms with E-state index in [2.05, 4.69) is 5.32 Å². The average Bonchev–Trinajstić information content (AvgIpc) is 3.14. The van der Waals surface area contributed by atoms with Crippen LogP contribution in [0.4, 0.5) is 23.7 Å². The Morgan fingerprint density at radius 1 is 1.04 bits per heavy atom. The molecule has 2 aliphatic heterocycles. The summed E-state index contributed by atoms with van der Waals surface area (Å²) >= 11 is 0. The summed E-state index contributed by atoms with van der Waals surface area (Å²) in [5.74, 6) is -2.10. The number of fused-ring (bicyclic) bond motifs is 1. The van der Waals surface area contributed by atoms with Crippen molar-refractivity contribution >= 4 is 29.6 Å². The number of hydroxylamine groups is 2. The third-order valence-electron chi connectivity index (χ3n) is 9.70. The SMILES string of the molecule is COc1ccccc1C1(C)Oc2cc(C(F)(F)F)c(C(=O)N(C(C)C)C3CCCN(OC(=O)C(C)(C)C)C3)cc2N(CCNC(=O)OCc2ccccc2)C1=O. The lowest BCUT2D eigenvalue weighted by Crippen LogP contribution is -2.55. The molecule has 2 atom stereocenters. The van der Waals surface area contributed by atoms with Crippen LogP contribution >= 0.6 is 0 Å². The van der Waals surface area contributed by atoms with E-state index >= 15 is 13.2 Å². The fraction of sp³-hybridized carbons (Fsp3) is 0.463. The first kappa shape index (κ1) is 41.8. The van der Waals surface area contributed by atoms with Gasteiger partial charge in [-0.15, -0.1) is 5.06 Å². The van der Waals surface area contributed by atoms with Gasteiger partial charge >= 0.3 is 18.2 Å². The van der Waals surface area contributed by atoms with Gasteiger partial charge in [0.1, 0.15) is 18.1 Å². The lowest BCUT2D eigenvalue weighted by molar-refractivity contribution is -0.208. The van der Waals surface area contributed by atoms with Gasteiger partial charge in [0.15, 0.2) is 0 Å². The molecule has 0 saturated carbocycles. The molecule has 15 heteroatoms. The molecule has 12 nitrogen and oxygen atoms in total. The van der Waals surface area contributed by atoms with Crippen molar-refractivity contribution < 1.29 is 51.4 Å². The Balaban J connectivity index is 1.52. The molecule has 2 unspecified atom stereocenters. The molecule has 3 aromatic carbocycles. The van der Waals surface area contributed by atoms with Gasteiger partial charge < -0.3 is 34.2 Å². The number of piperidine rings is 1. The third kappa shape index (κ3) is 9.20. The molecular formula is C41H49F3N4O8. The first-order valence-corrected chi connectivity index (χ1v) is 18.5. The predicted octanol–water partition coefficient (Wildman–Crippen LogP) is 7.10. The number of carbonyl (C=O) groups is 4. The number of benzene rings is 3. The van der Waals surface area contributed by atoms with Crippen molar-refractivity contribution in [3.8, 4) is 11.5 Å². The van der Waals surface area contributed by atoms with Crippen LogP contribution in [-0.2, 0) is 37.5 Å². The van der Waals surface area contributed by atoms with Crippen LogP contribution in [0, 0.1) is 5.41 Å². The zero-order valence-electron chi connectivity index (χ0n) is 32.7. The average molecular weight is 783 g/mol. The second-order valence-electron chi connectivity index (χ2n) is 15.3. The Labute approximate surface area is 324 Å². The summed E-state index contributed by atoms with van der Waals surface area (Å²) < 4.78 is 62.2. The van der Waals surface area contributed by atoms with Gasteiger partial charge in [0.2, 0.25) is 5.60 Å². The van der Waals surface area contributed by atoms with Crippen molar-refractivity contribution in [1.82, 2.24) is 15.3 Å². The smallest absolute Gasteiger partial charge is 0.417 e. The third-order valence-corrected chi connectivity index (χ3v) is 9.70. The number of anilines is 1. The van der Waals surface area contributed by atoms with Crippen molar-refractivity contribution in [1.29, 1.82) is 0 Å². The minimum Gasteiger partial charge on any atom is -0.496 e. The Kier molecular flexibility index (Phi) is 12.6. The number of methoxy groups -OCH3 is 1. The van der Waals surface area contributed by atoms with Gasteiger partial charge in [0.05, 0.1) is 35.9 Å². The maximum Gasteiger partial charge on any atom is 0.417 e. The van der Waals surface area contributed by atoms with Gasteiger partial charge in [0, 0.05) is 37.3 Å². The second kappa shape index (κ2) is 16.8. The van der Waals surface area contributed by atoms with E-state index in [9.17, 15) is 19.2 Å². The van der Waals surface area contributed by atoms with Gasteiger partial charge in [0.25, 0.3) is 11.8 Å². The number of nitrogens with zero attached hydrogens (tertiary/aromatic N) is 3. The minimum atomic E-state index is -5.01. The number of alkyl carbamates (subject to hydrolysis) is 1. The van der Waals surface area contributed by atoms with Crippen LogP contribution in [0.3, 0.4) is 0 Å². The fourth-order valence-corrected chi connectivity index (χ4v) is 6.82. The van der Waals surface area contributed by atoms with Crippen LogP contribution in [0.5, 0.6) is 11.5 Å². The van der Waals surface area contributed by atoms with Crippen LogP contribution in [0.15, 0.2) is 66.7 Å². The molecule has 2 heterocycles. The summed E-state index contributed by atoms with van der Waals surface area (Å²) in [5.41, 5.74) is -3.69. The topological polar surface area (TPSA) is 127 Å². The first-order valence-electron chi connectivity index (χ1n) is 18.5. The summed E-state index contributed by atoms with van der Waals surface area (Å²) in [4.78, 5) is 62.6. The molecule has 3 amide bonds. The van der Waals surface area contributed by atoms with Gasteiger partial charge in [-0.05, 0) is 78.1 Å². The number of alkyl halides is 3. The molecule has 0 bridgehead atoms. The maximum atomic E-state index is 15.0. The molecule has 302 valence electrons. The predicted molar refractivity (Wildman–Crippen MR) is 201 cm³/mol. The number of rotatable bonds is 11. The van der Waals surface area contributed by atoms with E-state index < -0.39 is 64.3 Å². The highest BCUT2D eigenvalue weighted by molar-refractivity contribution is 6.06.